The molecule has 1 spiro atoms. The van der Waals surface area contributed by atoms with Crippen LogP contribution < -0.4 is 25.2 Å². The number of rotatable bonds is 7. The summed E-state index contributed by atoms with van der Waals surface area (Å²) in [6, 6.07) is 5.42. The Kier molecular flexibility index (Phi) is 6.22. The third kappa shape index (κ3) is 4.38. The summed E-state index contributed by atoms with van der Waals surface area (Å²) in [5.41, 5.74) is 1.47. The number of aliphatic hydroxyl groups is 1. The molecule has 0 bridgehead atoms. The second kappa shape index (κ2) is 9.33. The summed E-state index contributed by atoms with van der Waals surface area (Å²) in [6.45, 7) is 0.753. The molecule has 0 unspecified atom stereocenters. The zero-order valence-electron chi connectivity index (χ0n) is 20.2. The molecule has 2 saturated carbocycles. The van der Waals surface area contributed by atoms with E-state index < -0.39 is 0 Å². The van der Waals surface area contributed by atoms with Crippen LogP contribution in [0.3, 0.4) is 0 Å². The topological polar surface area (TPSA) is 120 Å². The third-order valence-electron chi connectivity index (χ3n) is 7.34. The van der Waals surface area contributed by atoms with Crippen molar-refractivity contribution in [1.29, 1.82) is 0 Å². The van der Waals surface area contributed by atoms with Gasteiger partial charge in [-0.2, -0.15) is 4.98 Å². The number of aliphatic hydroxyl groups excluding tert-OH is 1. The van der Waals surface area contributed by atoms with Crippen molar-refractivity contribution in [2.75, 3.05) is 49.0 Å². The summed E-state index contributed by atoms with van der Waals surface area (Å²) in [4.78, 5) is 39.0. The van der Waals surface area contributed by atoms with Crippen LogP contribution in [0.15, 0.2) is 24.4 Å². The van der Waals surface area contributed by atoms with Gasteiger partial charge in [-0.15, -0.1) is 0 Å². The largest absolute Gasteiger partial charge is 0.495 e. The maximum atomic E-state index is 13.2. The van der Waals surface area contributed by atoms with Crippen molar-refractivity contribution in [1.82, 2.24) is 15.3 Å². The van der Waals surface area contributed by atoms with Gasteiger partial charge in [-0.25, -0.2) is 4.98 Å². The fourth-order valence-electron chi connectivity index (χ4n) is 5.18. The van der Waals surface area contributed by atoms with Crippen molar-refractivity contribution in [3.8, 4) is 5.75 Å². The maximum absolute atomic E-state index is 13.2. The van der Waals surface area contributed by atoms with E-state index in [9.17, 15) is 9.59 Å². The standard InChI is InChI=1S/C25H32N6O4/c1-30-19-14-27-24(28-18-8-7-16(13-20(18)35-2)22(33)26-11-12-32)29-21(19)31(17-5-3-4-6-17)15-25(9-10-25)23(30)34/h7-8,13-14,17,32H,3-6,9-12,15H2,1-2H3,(H,26,33)(H,27,28,29). The molecule has 5 rings (SSSR count). The Morgan fingerprint density at radius 1 is 1.29 bits per heavy atom. The smallest absolute Gasteiger partial charge is 0.251 e. The van der Waals surface area contributed by atoms with E-state index in [0.29, 0.717) is 35.5 Å². The van der Waals surface area contributed by atoms with Crippen molar-refractivity contribution in [2.24, 2.45) is 5.41 Å². The van der Waals surface area contributed by atoms with Gasteiger partial charge in [0.25, 0.3) is 5.91 Å². The first kappa shape index (κ1) is 23.3. The van der Waals surface area contributed by atoms with Gasteiger partial charge in [0.15, 0.2) is 5.82 Å². The van der Waals surface area contributed by atoms with E-state index in [1.807, 2.05) is 7.05 Å². The fraction of sp³-hybridized carbons (Fsp3) is 0.520. The van der Waals surface area contributed by atoms with Gasteiger partial charge in [0, 0.05) is 31.7 Å². The average Bonchev–Trinajstić information content (AvgIpc) is 3.48. The number of methoxy groups -OCH3 is 1. The second-order valence-corrected chi connectivity index (χ2v) is 9.63. The van der Waals surface area contributed by atoms with Crippen molar-refractivity contribution in [2.45, 2.75) is 44.6 Å². The highest BCUT2D eigenvalue weighted by Gasteiger charge is 2.55. The van der Waals surface area contributed by atoms with Crippen LogP contribution in [0.2, 0.25) is 0 Å². The first-order chi connectivity index (χ1) is 17.0. The molecule has 35 heavy (non-hydrogen) atoms. The molecule has 10 heteroatoms. The van der Waals surface area contributed by atoms with Gasteiger partial charge in [0.05, 0.1) is 31.0 Å². The lowest BCUT2D eigenvalue weighted by atomic mass is 10.0. The van der Waals surface area contributed by atoms with Gasteiger partial charge in [-0.3, -0.25) is 9.59 Å². The van der Waals surface area contributed by atoms with Crippen LogP contribution in [0.1, 0.15) is 48.9 Å². The molecular formula is C25H32N6O4. The summed E-state index contributed by atoms with van der Waals surface area (Å²) >= 11 is 0. The fourth-order valence-corrected chi connectivity index (χ4v) is 5.18. The molecule has 3 aliphatic rings. The van der Waals surface area contributed by atoms with Gasteiger partial charge >= 0.3 is 0 Å². The first-order valence-electron chi connectivity index (χ1n) is 12.2. The SMILES string of the molecule is COc1cc(C(=O)NCCO)ccc1Nc1ncc2c(n1)N(C1CCCC1)CC1(CC1)C(=O)N2C. The van der Waals surface area contributed by atoms with E-state index in [2.05, 4.69) is 20.5 Å². The van der Waals surface area contributed by atoms with Crippen LogP contribution in [0, 0.1) is 5.41 Å². The molecule has 1 aliphatic heterocycles. The zero-order valence-corrected chi connectivity index (χ0v) is 20.2. The summed E-state index contributed by atoms with van der Waals surface area (Å²) in [5.74, 6) is 1.51. The molecule has 2 heterocycles. The summed E-state index contributed by atoms with van der Waals surface area (Å²) < 4.78 is 5.50. The predicted molar refractivity (Wildman–Crippen MR) is 132 cm³/mol. The van der Waals surface area contributed by atoms with Crippen molar-refractivity contribution in [3.05, 3.63) is 30.0 Å². The second-order valence-electron chi connectivity index (χ2n) is 9.63. The van der Waals surface area contributed by atoms with Crippen LogP contribution in [0.4, 0.5) is 23.1 Å². The molecule has 0 saturated heterocycles. The van der Waals surface area contributed by atoms with Gasteiger partial charge < -0.3 is 30.3 Å². The Balaban J connectivity index is 1.46. The van der Waals surface area contributed by atoms with Crippen molar-refractivity contribution in [3.63, 3.8) is 0 Å². The Bertz CT molecular complexity index is 1130. The molecule has 2 aromatic rings. The van der Waals surface area contributed by atoms with E-state index in [-0.39, 0.29) is 30.4 Å². The number of amides is 2. The van der Waals surface area contributed by atoms with E-state index in [0.717, 1.165) is 37.2 Å². The lowest BCUT2D eigenvalue weighted by Gasteiger charge is -2.31. The number of anilines is 4. The van der Waals surface area contributed by atoms with Crippen LogP contribution in [0.5, 0.6) is 5.75 Å². The zero-order chi connectivity index (χ0) is 24.6. The Morgan fingerprint density at radius 2 is 2.06 bits per heavy atom. The first-order valence-corrected chi connectivity index (χ1v) is 12.2. The van der Waals surface area contributed by atoms with Crippen LogP contribution >= 0.6 is 0 Å². The highest BCUT2D eigenvalue weighted by molar-refractivity contribution is 6.03. The summed E-state index contributed by atoms with van der Waals surface area (Å²) in [5, 5.41) is 14.8. The van der Waals surface area contributed by atoms with Crippen LogP contribution in [-0.2, 0) is 4.79 Å². The third-order valence-corrected chi connectivity index (χ3v) is 7.34. The summed E-state index contributed by atoms with van der Waals surface area (Å²) in [6.07, 6.45) is 8.15. The molecule has 3 N–H and O–H groups in total. The number of nitrogens with zero attached hydrogens (tertiary/aromatic N) is 4. The number of nitrogens with one attached hydrogen (secondary N) is 2. The Labute approximate surface area is 204 Å². The van der Waals surface area contributed by atoms with Gasteiger partial charge in [-0.05, 0) is 43.9 Å². The number of hydrogen-bond donors (Lipinski definition) is 3. The monoisotopic (exact) mass is 480 g/mol. The van der Waals surface area contributed by atoms with Crippen molar-refractivity contribution >= 4 is 35.0 Å². The van der Waals surface area contributed by atoms with Gasteiger partial charge in [-0.1, -0.05) is 12.8 Å². The molecular weight excluding hydrogens is 448 g/mol. The van der Waals surface area contributed by atoms with Gasteiger partial charge in [0.2, 0.25) is 11.9 Å². The predicted octanol–water partition coefficient (Wildman–Crippen LogP) is 2.46. The van der Waals surface area contributed by atoms with E-state index in [4.69, 9.17) is 14.8 Å². The lowest BCUT2D eigenvalue weighted by Crippen LogP contribution is -2.41. The van der Waals surface area contributed by atoms with Crippen LogP contribution in [-0.4, -0.2) is 66.8 Å². The number of fused-ring (bicyclic) bond motifs is 1. The molecule has 2 fully saturated rings. The molecule has 2 aliphatic carbocycles. The highest BCUT2D eigenvalue weighted by Crippen LogP contribution is 2.52. The number of aromatic nitrogens is 2. The van der Waals surface area contributed by atoms with E-state index in [1.54, 1.807) is 29.3 Å². The lowest BCUT2D eigenvalue weighted by molar-refractivity contribution is -0.122. The molecule has 2 amide bonds. The minimum atomic E-state index is -0.304. The Morgan fingerprint density at radius 3 is 2.74 bits per heavy atom. The van der Waals surface area contributed by atoms with Crippen LogP contribution in [0.25, 0.3) is 0 Å². The van der Waals surface area contributed by atoms with Crippen molar-refractivity contribution < 1.29 is 19.4 Å². The molecule has 0 radical (unpaired) electrons. The normalized spacial score (nSPS) is 18.9. The minimum absolute atomic E-state index is 0.127. The molecule has 186 valence electrons. The molecule has 1 aromatic heterocycles. The number of ether oxygens (including phenoxy) is 1. The maximum Gasteiger partial charge on any atom is 0.251 e. The molecule has 0 atom stereocenters. The molecule has 1 aromatic carbocycles. The Hall–Kier alpha value is -3.40. The quantitative estimate of drug-likeness (QED) is 0.553. The average molecular weight is 481 g/mol. The number of carbonyl (C=O) groups excluding carboxylic acids is 2. The summed E-state index contributed by atoms with van der Waals surface area (Å²) in [7, 11) is 3.35. The number of benzene rings is 1. The van der Waals surface area contributed by atoms with Gasteiger partial charge in [0.1, 0.15) is 11.4 Å². The minimum Gasteiger partial charge on any atom is -0.495 e. The number of hydrogen-bond acceptors (Lipinski definition) is 8. The highest BCUT2D eigenvalue weighted by atomic mass is 16.5. The van der Waals surface area contributed by atoms with E-state index >= 15 is 0 Å². The molecule has 10 nitrogen and oxygen atoms in total. The number of carbonyl (C=O) groups is 2. The van der Waals surface area contributed by atoms with E-state index in [1.165, 1.54) is 20.0 Å².